The lowest BCUT2D eigenvalue weighted by Gasteiger charge is -2.14. The number of nitrogens with zero attached hydrogens (tertiary/aromatic N) is 3. The van der Waals surface area contributed by atoms with Gasteiger partial charge < -0.3 is 21.3 Å². The average molecular weight is 596 g/mol. The molecule has 0 aliphatic carbocycles. The molecule has 5 N–H and O–H groups in total. The summed E-state index contributed by atoms with van der Waals surface area (Å²) in [6.07, 6.45) is -4.64. The van der Waals surface area contributed by atoms with Gasteiger partial charge in [-0.15, -0.1) is 0 Å². The minimum Gasteiger partial charge on any atom is -0.324 e. The number of aromatic nitrogens is 4. The molecule has 0 radical (unpaired) electrons. The van der Waals surface area contributed by atoms with Crippen molar-refractivity contribution in [1.82, 2.24) is 20.2 Å². The molecule has 37 heavy (non-hydrogen) atoms. The molecule has 0 spiro atoms. The molecule has 14 heteroatoms. The lowest BCUT2D eigenvalue weighted by Crippen LogP contribution is -2.20. The summed E-state index contributed by atoms with van der Waals surface area (Å²) < 4.78 is 39.9. The van der Waals surface area contributed by atoms with E-state index in [0.29, 0.717) is 29.0 Å². The Morgan fingerprint density at radius 1 is 0.946 bits per heavy atom. The van der Waals surface area contributed by atoms with Crippen LogP contribution in [0.3, 0.4) is 0 Å². The second-order valence-corrected chi connectivity index (χ2v) is 9.13. The van der Waals surface area contributed by atoms with Crippen LogP contribution in [-0.2, 0) is 6.18 Å². The number of alkyl halides is 3. The molecule has 4 aromatic rings. The van der Waals surface area contributed by atoms with Gasteiger partial charge in [-0.1, -0.05) is 11.6 Å². The summed E-state index contributed by atoms with van der Waals surface area (Å²) in [4.78, 5) is 21.2. The summed E-state index contributed by atoms with van der Waals surface area (Å²) in [7, 11) is 0. The van der Waals surface area contributed by atoms with Crippen LogP contribution >= 0.6 is 27.5 Å². The standard InChI is InChI=1S/C23H19BrClF3N8O/c1-11-7-13(30-22(37)31-14-3-5-16(25)15(9-14)23(26,27)28)4-6-17(11)32-21-29-12(2)8-19(34-21)33-20-10-18(24)35-36-20/h3-10H,1-2H3,(H2,30,31,37)(H3,29,32,33,34,35,36). The monoisotopic (exact) mass is 594 g/mol. The molecular weight excluding hydrogens is 577 g/mol. The number of nitrogens with one attached hydrogen (secondary N) is 5. The molecule has 9 nitrogen and oxygen atoms in total. The van der Waals surface area contributed by atoms with Gasteiger partial charge in [0, 0.05) is 34.9 Å². The maximum Gasteiger partial charge on any atom is 0.417 e. The summed E-state index contributed by atoms with van der Waals surface area (Å²) in [5.74, 6) is 1.47. The van der Waals surface area contributed by atoms with Crippen molar-refractivity contribution < 1.29 is 18.0 Å². The summed E-state index contributed by atoms with van der Waals surface area (Å²) in [6, 6.07) is 11.0. The van der Waals surface area contributed by atoms with Crippen molar-refractivity contribution in [1.29, 1.82) is 0 Å². The highest BCUT2D eigenvalue weighted by Crippen LogP contribution is 2.36. The van der Waals surface area contributed by atoms with Crippen molar-refractivity contribution in [2.24, 2.45) is 0 Å². The van der Waals surface area contributed by atoms with Crippen LogP contribution in [0.25, 0.3) is 0 Å². The van der Waals surface area contributed by atoms with E-state index in [1.165, 1.54) is 6.07 Å². The van der Waals surface area contributed by atoms with Gasteiger partial charge in [0.15, 0.2) is 5.82 Å². The predicted octanol–water partition coefficient (Wildman–Crippen LogP) is 7.38. The van der Waals surface area contributed by atoms with Gasteiger partial charge in [-0.25, -0.2) is 9.78 Å². The van der Waals surface area contributed by atoms with Crippen molar-refractivity contribution in [2.75, 3.05) is 21.3 Å². The Kier molecular flexibility index (Phi) is 7.55. The molecule has 2 aromatic heterocycles. The van der Waals surface area contributed by atoms with Gasteiger partial charge in [0.25, 0.3) is 0 Å². The summed E-state index contributed by atoms with van der Waals surface area (Å²) in [5, 5.41) is 17.6. The largest absolute Gasteiger partial charge is 0.417 e. The van der Waals surface area contributed by atoms with Crippen molar-refractivity contribution in [3.8, 4) is 0 Å². The number of carbonyl (C=O) groups is 1. The highest BCUT2D eigenvalue weighted by Gasteiger charge is 2.33. The van der Waals surface area contributed by atoms with E-state index in [-0.39, 0.29) is 5.69 Å². The van der Waals surface area contributed by atoms with E-state index in [9.17, 15) is 18.0 Å². The minimum absolute atomic E-state index is 0.0487. The molecule has 0 atom stereocenters. The lowest BCUT2D eigenvalue weighted by molar-refractivity contribution is -0.137. The number of hydrogen-bond donors (Lipinski definition) is 5. The van der Waals surface area contributed by atoms with Gasteiger partial charge in [-0.05, 0) is 71.7 Å². The van der Waals surface area contributed by atoms with Crippen LogP contribution in [-0.4, -0.2) is 26.2 Å². The third-order valence-electron chi connectivity index (χ3n) is 4.92. The average Bonchev–Trinajstić information content (AvgIpc) is 3.20. The van der Waals surface area contributed by atoms with Crippen LogP contribution < -0.4 is 21.3 Å². The molecule has 4 rings (SSSR count). The van der Waals surface area contributed by atoms with Gasteiger partial charge in [0.2, 0.25) is 5.95 Å². The zero-order valence-corrected chi connectivity index (χ0v) is 21.6. The smallest absolute Gasteiger partial charge is 0.324 e. The minimum atomic E-state index is -4.64. The second kappa shape index (κ2) is 10.6. The second-order valence-electron chi connectivity index (χ2n) is 7.87. The van der Waals surface area contributed by atoms with E-state index in [1.807, 2.05) is 13.8 Å². The Bertz CT molecular complexity index is 1460. The highest BCUT2D eigenvalue weighted by atomic mass is 79.9. The normalized spacial score (nSPS) is 11.2. The van der Waals surface area contributed by atoms with Crippen LogP contribution in [0.5, 0.6) is 0 Å². The van der Waals surface area contributed by atoms with E-state index in [1.54, 1.807) is 30.3 Å². The third kappa shape index (κ3) is 6.89. The number of rotatable bonds is 6. The molecule has 0 fully saturated rings. The van der Waals surface area contributed by atoms with Crippen molar-refractivity contribution in [2.45, 2.75) is 20.0 Å². The number of benzene rings is 2. The van der Waals surface area contributed by atoms with Crippen LogP contribution in [0.1, 0.15) is 16.8 Å². The summed E-state index contributed by atoms with van der Waals surface area (Å²) in [5.41, 5.74) is 1.52. The molecule has 2 amide bonds. The molecule has 0 unspecified atom stereocenters. The first kappa shape index (κ1) is 26.2. The van der Waals surface area contributed by atoms with Gasteiger partial charge in [-0.2, -0.15) is 23.3 Å². The van der Waals surface area contributed by atoms with Crippen LogP contribution in [0.4, 0.5) is 52.6 Å². The maximum absolute atomic E-state index is 13.1. The van der Waals surface area contributed by atoms with Crippen LogP contribution in [0.15, 0.2) is 53.1 Å². The number of anilines is 6. The fourth-order valence-electron chi connectivity index (χ4n) is 3.30. The topological polar surface area (TPSA) is 120 Å². The van der Waals surface area contributed by atoms with Crippen molar-refractivity contribution in [3.05, 3.63) is 75.0 Å². The summed E-state index contributed by atoms with van der Waals surface area (Å²) >= 11 is 8.92. The molecule has 0 bridgehead atoms. The number of H-pyrrole nitrogens is 1. The van der Waals surface area contributed by atoms with Crippen LogP contribution in [0.2, 0.25) is 5.02 Å². The van der Waals surface area contributed by atoms with Crippen molar-refractivity contribution in [3.63, 3.8) is 0 Å². The lowest BCUT2D eigenvalue weighted by atomic mass is 10.1. The summed E-state index contributed by atoms with van der Waals surface area (Å²) in [6.45, 7) is 3.64. The molecular formula is C23H19BrClF3N8O. The number of aryl methyl sites for hydroxylation is 2. The number of carbonyl (C=O) groups excluding carboxylic acids is 1. The SMILES string of the molecule is Cc1cc(Nc2cc(Br)[nH]n2)nc(Nc2ccc(NC(=O)Nc3ccc(Cl)c(C(F)(F)F)c3)cc2C)n1. The quantitative estimate of drug-likeness (QED) is 0.159. The van der Waals surface area contributed by atoms with E-state index in [4.69, 9.17) is 11.6 Å². The first-order valence-corrected chi connectivity index (χ1v) is 11.8. The Labute approximate surface area is 222 Å². The Morgan fingerprint density at radius 2 is 1.65 bits per heavy atom. The fourth-order valence-corrected chi connectivity index (χ4v) is 3.83. The Hall–Kier alpha value is -3.84. The number of urea groups is 1. The third-order valence-corrected chi connectivity index (χ3v) is 5.65. The molecule has 192 valence electrons. The van der Waals surface area contributed by atoms with Crippen molar-refractivity contribution >= 4 is 68.2 Å². The molecule has 0 saturated heterocycles. The first-order chi connectivity index (χ1) is 17.5. The number of halogens is 5. The molecule has 2 aromatic carbocycles. The van der Waals surface area contributed by atoms with E-state index < -0.39 is 22.8 Å². The van der Waals surface area contributed by atoms with Gasteiger partial charge in [0.05, 0.1) is 10.6 Å². The number of aromatic amines is 1. The predicted molar refractivity (Wildman–Crippen MR) is 140 cm³/mol. The van der Waals surface area contributed by atoms with E-state index in [2.05, 4.69) is 57.4 Å². The van der Waals surface area contributed by atoms with Gasteiger partial charge in [-0.3, -0.25) is 5.10 Å². The van der Waals surface area contributed by atoms with E-state index in [0.717, 1.165) is 28.0 Å². The molecule has 0 aliphatic rings. The molecule has 0 saturated carbocycles. The Morgan fingerprint density at radius 3 is 2.30 bits per heavy atom. The number of hydrogen-bond acceptors (Lipinski definition) is 6. The maximum atomic E-state index is 13.1. The van der Waals surface area contributed by atoms with Gasteiger partial charge >= 0.3 is 12.2 Å². The number of amides is 2. The van der Waals surface area contributed by atoms with Gasteiger partial charge in [0.1, 0.15) is 10.4 Å². The molecule has 0 aliphatic heterocycles. The zero-order chi connectivity index (χ0) is 26.7. The van der Waals surface area contributed by atoms with Crippen LogP contribution in [0, 0.1) is 13.8 Å². The molecule has 2 heterocycles. The Balaban J connectivity index is 1.43. The zero-order valence-electron chi connectivity index (χ0n) is 19.3. The highest BCUT2D eigenvalue weighted by molar-refractivity contribution is 9.10. The fraction of sp³-hybridized carbons (Fsp3) is 0.130. The van der Waals surface area contributed by atoms with E-state index >= 15 is 0 Å². The first-order valence-electron chi connectivity index (χ1n) is 10.6.